The Morgan fingerprint density at radius 2 is 1.50 bits per heavy atom. The Balaban J connectivity index is 1.65. The van der Waals surface area contributed by atoms with E-state index in [1.165, 1.54) is 12.1 Å². The van der Waals surface area contributed by atoms with Crippen LogP contribution in [0.5, 0.6) is 0 Å². The fourth-order valence-corrected chi connectivity index (χ4v) is 5.91. The van der Waals surface area contributed by atoms with Gasteiger partial charge in [0.05, 0.1) is 17.1 Å². The summed E-state index contributed by atoms with van der Waals surface area (Å²) in [5.41, 5.74) is 3.02. The first-order valence-corrected chi connectivity index (χ1v) is 13.8. The number of rotatable bonds is 9. The summed E-state index contributed by atoms with van der Waals surface area (Å²) in [4.78, 5) is 26.6. The highest BCUT2D eigenvalue weighted by molar-refractivity contribution is 7.89. The van der Waals surface area contributed by atoms with Crippen molar-refractivity contribution in [1.82, 2.24) is 4.31 Å². The maximum atomic E-state index is 13.8. The minimum atomic E-state index is -4.03. The van der Waals surface area contributed by atoms with Gasteiger partial charge in [0.2, 0.25) is 15.9 Å². The van der Waals surface area contributed by atoms with Crippen molar-refractivity contribution < 1.29 is 18.0 Å². The molecule has 0 unspecified atom stereocenters. The number of carbonyl (C=O) groups excluding carboxylic acids is 2. The van der Waals surface area contributed by atoms with Crippen LogP contribution < -0.4 is 5.32 Å². The van der Waals surface area contributed by atoms with E-state index in [0.717, 1.165) is 15.4 Å². The molecular weight excluding hydrogens is 520 g/mol. The van der Waals surface area contributed by atoms with Crippen molar-refractivity contribution in [2.24, 2.45) is 0 Å². The third-order valence-corrected chi connectivity index (χ3v) is 8.19. The summed E-state index contributed by atoms with van der Waals surface area (Å²) in [7, 11) is -4.03. The summed E-state index contributed by atoms with van der Waals surface area (Å²) in [6.45, 7) is 3.09. The minimum absolute atomic E-state index is 0.000393. The quantitative estimate of drug-likeness (QED) is 0.260. The Hall–Kier alpha value is -3.78. The van der Waals surface area contributed by atoms with Crippen LogP contribution >= 0.6 is 11.6 Å². The summed E-state index contributed by atoms with van der Waals surface area (Å²) >= 11 is 6.16. The lowest BCUT2D eigenvalue weighted by atomic mass is 10.0. The van der Waals surface area contributed by atoms with E-state index < -0.39 is 22.5 Å². The van der Waals surface area contributed by atoms with Crippen LogP contribution in [-0.2, 0) is 21.4 Å². The highest BCUT2D eigenvalue weighted by Gasteiger charge is 2.29. The van der Waals surface area contributed by atoms with Crippen LogP contribution in [0.15, 0.2) is 102 Å². The maximum Gasteiger partial charge on any atom is 0.244 e. The monoisotopic (exact) mass is 546 g/mol. The lowest BCUT2D eigenvalue weighted by Gasteiger charge is -2.23. The largest absolute Gasteiger partial charge is 0.324 e. The molecule has 194 valence electrons. The van der Waals surface area contributed by atoms with E-state index in [1.54, 1.807) is 67.6 Å². The van der Waals surface area contributed by atoms with E-state index in [-0.39, 0.29) is 28.5 Å². The summed E-state index contributed by atoms with van der Waals surface area (Å²) < 4.78 is 28.7. The first kappa shape index (κ1) is 27.3. The van der Waals surface area contributed by atoms with Crippen molar-refractivity contribution in [3.05, 3.63) is 130 Å². The van der Waals surface area contributed by atoms with Gasteiger partial charge >= 0.3 is 0 Å². The number of amides is 1. The van der Waals surface area contributed by atoms with Crippen molar-refractivity contribution in [1.29, 1.82) is 0 Å². The van der Waals surface area contributed by atoms with Gasteiger partial charge in [-0.2, -0.15) is 4.31 Å². The van der Waals surface area contributed by atoms with Crippen LogP contribution in [0.25, 0.3) is 0 Å². The molecule has 0 saturated carbocycles. The van der Waals surface area contributed by atoms with Gasteiger partial charge < -0.3 is 5.32 Å². The van der Waals surface area contributed by atoms with E-state index in [2.05, 4.69) is 5.32 Å². The van der Waals surface area contributed by atoms with Crippen LogP contribution in [0.4, 0.5) is 5.69 Å². The molecule has 4 aromatic carbocycles. The number of halogens is 1. The SMILES string of the molecule is Cc1ccc(C)c(S(=O)(=O)N(CC(=O)Nc2ccc(Cl)cc2C(=O)c2ccccc2)Cc2ccccc2)c1. The third kappa shape index (κ3) is 6.37. The highest BCUT2D eigenvalue weighted by Crippen LogP contribution is 2.26. The molecule has 6 nitrogen and oxygen atoms in total. The van der Waals surface area contributed by atoms with Crippen LogP contribution in [0, 0.1) is 13.8 Å². The van der Waals surface area contributed by atoms with Gasteiger partial charge in [-0.05, 0) is 54.8 Å². The highest BCUT2D eigenvalue weighted by atomic mass is 35.5. The Morgan fingerprint density at radius 3 is 2.18 bits per heavy atom. The molecule has 0 aliphatic rings. The van der Waals surface area contributed by atoms with E-state index in [9.17, 15) is 18.0 Å². The number of anilines is 1. The number of ketones is 1. The molecule has 38 heavy (non-hydrogen) atoms. The van der Waals surface area contributed by atoms with Crippen molar-refractivity contribution >= 4 is 39.0 Å². The van der Waals surface area contributed by atoms with E-state index in [4.69, 9.17) is 11.6 Å². The number of aryl methyl sites for hydroxylation is 2. The normalized spacial score (nSPS) is 11.4. The molecule has 0 spiro atoms. The Kier molecular flexibility index (Phi) is 8.42. The molecule has 1 N–H and O–H groups in total. The van der Waals surface area contributed by atoms with Gasteiger partial charge in [0, 0.05) is 22.7 Å². The molecule has 8 heteroatoms. The maximum absolute atomic E-state index is 13.8. The molecule has 0 saturated heterocycles. The summed E-state index contributed by atoms with van der Waals surface area (Å²) in [5.74, 6) is -0.896. The first-order valence-electron chi connectivity index (χ1n) is 12.0. The second-order valence-corrected chi connectivity index (χ2v) is 11.3. The average molecular weight is 547 g/mol. The van der Waals surface area contributed by atoms with Crippen LogP contribution in [0.3, 0.4) is 0 Å². The molecule has 4 rings (SSSR count). The zero-order chi connectivity index (χ0) is 27.3. The van der Waals surface area contributed by atoms with Gasteiger partial charge in [0.25, 0.3) is 0 Å². The van der Waals surface area contributed by atoms with Crippen molar-refractivity contribution in [3.8, 4) is 0 Å². The van der Waals surface area contributed by atoms with E-state index in [1.807, 2.05) is 31.2 Å². The minimum Gasteiger partial charge on any atom is -0.324 e. The fraction of sp³-hybridized carbons (Fsp3) is 0.133. The third-order valence-electron chi connectivity index (χ3n) is 6.02. The lowest BCUT2D eigenvalue weighted by molar-refractivity contribution is -0.116. The number of hydrogen-bond acceptors (Lipinski definition) is 4. The number of benzene rings is 4. The molecule has 0 aliphatic heterocycles. The van der Waals surface area contributed by atoms with Crippen molar-refractivity contribution in [3.63, 3.8) is 0 Å². The number of sulfonamides is 1. The fourth-order valence-electron chi connectivity index (χ4n) is 4.05. The number of carbonyl (C=O) groups is 2. The topological polar surface area (TPSA) is 83.6 Å². The van der Waals surface area contributed by atoms with E-state index >= 15 is 0 Å². The summed E-state index contributed by atoms with van der Waals surface area (Å²) in [6, 6.07) is 27.5. The smallest absolute Gasteiger partial charge is 0.244 e. The van der Waals surface area contributed by atoms with Crippen molar-refractivity contribution in [2.45, 2.75) is 25.3 Å². The molecule has 0 aromatic heterocycles. The van der Waals surface area contributed by atoms with Crippen LogP contribution in [-0.4, -0.2) is 31.0 Å². The van der Waals surface area contributed by atoms with Gasteiger partial charge in [-0.15, -0.1) is 0 Å². The van der Waals surface area contributed by atoms with E-state index in [0.29, 0.717) is 16.1 Å². The molecule has 0 atom stereocenters. The number of hydrogen-bond donors (Lipinski definition) is 1. The molecule has 0 aliphatic carbocycles. The van der Waals surface area contributed by atoms with Crippen molar-refractivity contribution in [2.75, 3.05) is 11.9 Å². The van der Waals surface area contributed by atoms with Gasteiger partial charge in [0.1, 0.15) is 0 Å². The average Bonchev–Trinajstić information content (AvgIpc) is 2.91. The first-order chi connectivity index (χ1) is 18.1. The second-order valence-electron chi connectivity index (χ2n) is 8.96. The Labute approximate surface area is 227 Å². The molecule has 1 amide bonds. The molecule has 4 aromatic rings. The molecule has 0 heterocycles. The zero-order valence-electron chi connectivity index (χ0n) is 21.0. The molecule has 0 bridgehead atoms. The number of nitrogens with zero attached hydrogens (tertiary/aromatic N) is 1. The van der Waals surface area contributed by atoms with Crippen LogP contribution in [0.1, 0.15) is 32.6 Å². The molecule has 0 fully saturated rings. The summed E-state index contributed by atoms with van der Waals surface area (Å²) in [5, 5.41) is 3.07. The standard InChI is InChI=1S/C30H27ClN2O4S/c1-21-13-14-22(2)28(17-21)38(36,37)33(19-23-9-5-3-6-10-23)20-29(34)32-27-16-15-25(31)18-26(27)30(35)24-11-7-4-8-12-24/h3-18H,19-20H2,1-2H3,(H,32,34). The predicted molar refractivity (Wildman–Crippen MR) is 150 cm³/mol. The molecule has 0 radical (unpaired) electrons. The van der Waals surface area contributed by atoms with Gasteiger partial charge in [-0.1, -0.05) is 84.4 Å². The van der Waals surface area contributed by atoms with Gasteiger partial charge in [0.15, 0.2) is 5.78 Å². The molecular formula is C30H27ClN2O4S. The predicted octanol–water partition coefficient (Wildman–Crippen LogP) is 6.02. The second kappa shape index (κ2) is 11.7. The zero-order valence-corrected chi connectivity index (χ0v) is 22.6. The summed E-state index contributed by atoms with van der Waals surface area (Å²) in [6.07, 6.45) is 0. The number of nitrogens with one attached hydrogen (secondary N) is 1. The Morgan fingerprint density at radius 1 is 0.842 bits per heavy atom. The Bertz CT molecular complexity index is 1570. The van der Waals surface area contributed by atoms with Gasteiger partial charge in [-0.3, -0.25) is 9.59 Å². The lowest BCUT2D eigenvalue weighted by Crippen LogP contribution is -2.38. The van der Waals surface area contributed by atoms with Crippen LogP contribution in [0.2, 0.25) is 5.02 Å². The van der Waals surface area contributed by atoms with Gasteiger partial charge in [-0.25, -0.2) is 8.42 Å².